The van der Waals surface area contributed by atoms with Gasteiger partial charge in [0, 0.05) is 7.05 Å². The molecule has 4 nitrogen and oxygen atoms in total. The Morgan fingerprint density at radius 3 is 2.92 bits per heavy atom. The second-order valence-electron chi connectivity index (χ2n) is 3.27. The molecular formula is C9H16N2O2. The van der Waals surface area contributed by atoms with E-state index >= 15 is 0 Å². The molecule has 1 amide bonds. The van der Waals surface area contributed by atoms with Crippen LogP contribution >= 0.6 is 0 Å². The Balaban J connectivity index is 2.61. The summed E-state index contributed by atoms with van der Waals surface area (Å²) in [5, 5.41) is 10.3. The Morgan fingerprint density at radius 2 is 2.38 bits per heavy atom. The highest BCUT2D eigenvalue weighted by Crippen LogP contribution is 2.17. The lowest BCUT2D eigenvalue weighted by atomic mass is 10.0. The number of aliphatic hydroxyl groups is 1. The van der Waals surface area contributed by atoms with Gasteiger partial charge in [-0.15, -0.1) is 0 Å². The maximum atomic E-state index is 11.3. The Morgan fingerprint density at radius 1 is 1.69 bits per heavy atom. The molecule has 74 valence electrons. The van der Waals surface area contributed by atoms with Crippen molar-refractivity contribution in [1.29, 1.82) is 0 Å². The van der Waals surface area contributed by atoms with Gasteiger partial charge in [0.15, 0.2) is 0 Å². The molecule has 0 aromatic carbocycles. The summed E-state index contributed by atoms with van der Waals surface area (Å²) >= 11 is 0. The molecule has 1 heterocycles. The minimum Gasteiger partial charge on any atom is -0.515 e. The van der Waals surface area contributed by atoms with Crippen molar-refractivity contribution in [2.45, 2.75) is 32.2 Å². The molecule has 0 spiro atoms. The predicted molar refractivity (Wildman–Crippen MR) is 49.9 cm³/mol. The molecule has 1 aliphatic heterocycles. The van der Waals surface area contributed by atoms with Crippen LogP contribution in [0, 0.1) is 0 Å². The van der Waals surface area contributed by atoms with Crippen molar-refractivity contribution in [3.8, 4) is 0 Å². The number of aliphatic hydroxyl groups excluding tert-OH is 1. The number of hydrogen-bond donors (Lipinski definition) is 2. The number of nitrogens with one attached hydrogen (secondary N) is 1. The van der Waals surface area contributed by atoms with Crippen LogP contribution in [0.1, 0.15) is 26.2 Å². The maximum Gasteiger partial charge on any atom is 0.268 e. The fourth-order valence-corrected chi connectivity index (χ4v) is 1.48. The van der Waals surface area contributed by atoms with E-state index < -0.39 is 0 Å². The summed E-state index contributed by atoms with van der Waals surface area (Å²) in [5.41, 5.74) is 3.46. The van der Waals surface area contributed by atoms with Gasteiger partial charge in [0.1, 0.15) is 0 Å². The molecule has 0 saturated carbocycles. The topological polar surface area (TPSA) is 52.6 Å². The van der Waals surface area contributed by atoms with Crippen LogP contribution in [0.15, 0.2) is 11.8 Å². The van der Waals surface area contributed by atoms with Crippen molar-refractivity contribution >= 4 is 5.91 Å². The minimum absolute atomic E-state index is 0.0116. The standard InChI is InChI=1S/C9H16N2O2/c1-3-4-5-8-7(6-12)9(13)11(2)10-8/h6,8,10,12H,3-5H2,1-2H3/b7-6+. The van der Waals surface area contributed by atoms with Crippen molar-refractivity contribution in [3.63, 3.8) is 0 Å². The van der Waals surface area contributed by atoms with Crippen LogP contribution in [0.4, 0.5) is 0 Å². The molecule has 1 unspecified atom stereocenters. The molecule has 0 radical (unpaired) electrons. The summed E-state index contributed by atoms with van der Waals surface area (Å²) in [4.78, 5) is 11.3. The molecule has 1 aliphatic rings. The first-order chi connectivity index (χ1) is 6.20. The van der Waals surface area contributed by atoms with Gasteiger partial charge in [0.25, 0.3) is 5.91 Å². The number of unbranched alkanes of at least 4 members (excludes halogenated alkanes) is 1. The zero-order chi connectivity index (χ0) is 9.84. The highest BCUT2D eigenvalue weighted by atomic mass is 16.2. The van der Waals surface area contributed by atoms with E-state index in [1.54, 1.807) is 7.05 Å². The van der Waals surface area contributed by atoms with Gasteiger partial charge in [-0.2, -0.15) is 0 Å². The lowest BCUT2D eigenvalue weighted by Gasteiger charge is -2.11. The monoisotopic (exact) mass is 184 g/mol. The highest BCUT2D eigenvalue weighted by molar-refractivity contribution is 5.95. The minimum atomic E-state index is -0.136. The van der Waals surface area contributed by atoms with E-state index in [0.717, 1.165) is 25.5 Å². The molecular weight excluding hydrogens is 168 g/mol. The number of rotatable bonds is 3. The summed E-state index contributed by atoms with van der Waals surface area (Å²) in [6.45, 7) is 2.10. The van der Waals surface area contributed by atoms with Gasteiger partial charge in [0.2, 0.25) is 0 Å². The number of carbonyl (C=O) groups excluding carboxylic acids is 1. The third-order valence-electron chi connectivity index (χ3n) is 2.26. The van der Waals surface area contributed by atoms with Crippen LogP contribution in [0.5, 0.6) is 0 Å². The van der Waals surface area contributed by atoms with Crippen LogP contribution in [-0.2, 0) is 4.79 Å². The number of hydrogen-bond acceptors (Lipinski definition) is 3. The third kappa shape index (κ3) is 2.01. The van der Waals surface area contributed by atoms with E-state index in [4.69, 9.17) is 5.11 Å². The molecule has 13 heavy (non-hydrogen) atoms. The zero-order valence-corrected chi connectivity index (χ0v) is 8.08. The summed E-state index contributed by atoms with van der Waals surface area (Å²) in [5.74, 6) is -0.136. The summed E-state index contributed by atoms with van der Waals surface area (Å²) in [7, 11) is 1.66. The quantitative estimate of drug-likeness (QED) is 0.507. The van der Waals surface area contributed by atoms with Crippen molar-refractivity contribution in [1.82, 2.24) is 10.4 Å². The van der Waals surface area contributed by atoms with E-state index in [-0.39, 0.29) is 11.9 Å². The number of likely N-dealkylation sites (N-methyl/N-ethyl adjacent to an activating group) is 1. The Bertz CT molecular complexity index is 226. The largest absolute Gasteiger partial charge is 0.515 e. The Hall–Kier alpha value is -1.03. The second-order valence-corrected chi connectivity index (χ2v) is 3.27. The van der Waals surface area contributed by atoms with E-state index in [1.807, 2.05) is 0 Å². The summed E-state index contributed by atoms with van der Waals surface area (Å²) in [6, 6.07) is -0.0116. The fourth-order valence-electron chi connectivity index (χ4n) is 1.48. The summed E-state index contributed by atoms with van der Waals surface area (Å²) in [6.07, 6.45) is 3.95. The first-order valence-electron chi connectivity index (χ1n) is 4.59. The molecule has 1 rings (SSSR count). The Labute approximate surface area is 78.2 Å². The van der Waals surface area contributed by atoms with Crippen LogP contribution in [0.2, 0.25) is 0 Å². The van der Waals surface area contributed by atoms with Crippen LogP contribution < -0.4 is 5.43 Å². The molecule has 2 N–H and O–H groups in total. The molecule has 0 aromatic rings. The SMILES string of the molecule is CCCCC1NN(C)C(=O)/C1=C/O. The van der Waals surface area contributed by atoms with Gasteiger partial charge in [-0.25, -0.2) is 5.43 Å². The summed E-state index contributed by atoms with van der Waals surface area (Å²) < 4.78 is 0. The molecule has 1 fully saturated rings. The van der Waals surface area contributed by atoms with Gasteiger partial charge >= 0.3 is 0 Å². The average Bonchev–Trinajstić information content (AvgIpc) is 2.39. The van der Waals surface area contributed by atoms with E-state index in [1.165, 1.54) is 5.01 Å². The smallest absolute Gasteiger partial charge is 0.268 e. The van der Waals surface area contributed by atoms with E-state index in [0.29, 0.717) is 5.57 Å². The van der Waals surface area contributed by atoms with Gasteiger partial charge in [-0.3, -0.25) is 9.80 Å². The predicted octanol–water partition coefficient (Wildman–Crippen LogP) is 0.964. The van der Waals surface area contributed by atoms with Gasteiger partial charge in [-0.1, -0.05) is 19.8 Å². The first kappa shape index (κ1) is 10.1. The zero-order valence-electron chi connectivity index (χ0n) is 8.08. The van der Waals surface area contributed by atoms with Crippen molar-refractivity contribution in [2.75, 3.05) is 7.05 Å². The molecule has 4 heteroatoms. The van der Waals surface area contributed by atoms with Gasteiger partial charge in [0.05, 0.1) is 17.9 Å². The second kappa shape index (κ2) is 4.28. The van der Waals surface area contributed by atoms with E-state index in [9.17, 15) is 4.79 Å². The first-order valence-corrected chi connectivity index (χ1v) is 4.59. The van der Waals surface area contributed by atoms with E-state index in [2.05, 4.69) is 12.3 Å². The maximum absolute atomic E-state index is 11.3. The molecule has 0 bridgehead atoms. The fraction of sp³-hybridized carbons (Fsp3) is 0.667. The van der Waals surface area contributed by atoms with Crippen LogP contribution in [-0.4, -0.2) is 29.1 Å². The number of carbonyl (C=O) groups is 1. The third-order valence-corrected chi connectivity index (χ3v) is 2.26. The number of amides is 1. The van der Waals surface area contributed by atoms with Crippen LogP contribution in [0.3, 0.4) is 0 Å². The van der Waals surface area contributed by atoms with Crippen LogP contribution in [0.25, 0.3) is 0 Å². The van der Waals surface area contributed by atoms with Gasteiger partial charge < -0.3 is 5.11 Å². The number of hydrazine groups is 1. The lowest BCUT2D eigenvalue weighted by molar-refractivity contribution is -0.125. The lowest BCUT2D eigenvalue weighted by Crippen LogP contribution is -2.33. The average molecular weight is 184 g/mol. The Kier molecular flexibility index (Phi) is 3.31. The molecule has 1 atom stereocenters. The van der Waals surface area contributed by atoms with Crippen molar-refractivity contribution in [2.24, 2.45) is 0 Å². The molecule has 1 saturated heterocycles. The van der Waals surface area contributed by atoms with Crippen molar-refractivity contribution in [3.05, 3.63) is 11.8 Å². The normalized spacial score (nSPS) is 26.0. The number of nitrogens with zero attached hydrogens (tertiary/aromatic N) is 1. The molecule has 0 aromatic heterocycles. The molecule has 0 aliphatic carbocycles. The highest BCUT2D eigenvalue weighted by Gasteiger charge is 2.31. The van der Waals surface area contributed by atoms with Crippen molar-refractivity contribution < 1.29 is 9.90 Å². The van der Waals surface area contributed by atoms with Gasteiger partial charge in [-0.05, 0) is 6.42 Å².